The van der Waals surface area contributed by atoms with E-state index in [1.807, 2.05) is 12.1 Å². The van der Waals surface area contributed by atoms with Gasteiger partial charge < -0.3 is 0 Å². The highest BCUT2D eigenvalue weighted by Gasteiger charge is 2.24. The monoisotopic (exact) mass is 222 g/mol. The molecule has 0 unspecified atom stereocenters. The van der Waals surface area contributed by atoms with Gasteiger partial charge in [0, 0.05) is 0 Å². The van der Waals surface area contributed by atoms with Crippen molar-refractivity contribution in [2.75, 3.05) is 0 Å². The van der Waals surface area contributed by atoms with Gasteiger partial charge in [-0.05, 0) is 52.5 Å². The maximum absolute atomic E-state index is 11.7. The lowest BCUT2D eigenvalue weighted by Gasteiger charge is -2.14. The second kappa shape index (κ2) is 3.85. The van der Waals surface area contributed by atoms with E-state index >= 15 is 0 Å². The summed E-state index contributed by atoms with van der Waals surface area (Å²) < 4.78 is 0. The zero-order chi connectivity index (χ0) is 11.8. The number of benzene rings is 1. The molecule has 3 rings (SSSR count). The minimum Gasteiger partial charge on any atom is -0.290 e. The van der Waals surface area contributed by atoms with Crippen molar-refractivity contribution in [2.24, 2.45) is 0 Å². The first-order chi connectivity index (χ1) is 8.29. The van der Waals surface area contributed by atoms with Crippen LogP contribution in [0.25, 0.3) is 11.6 Å². The topological polar surface area (TPSA) is 17.1 Å². The third-order valence-electron chi connectivity index (χ3n) is 3.31. The normalized spacial score (nSPS) is 17.0. The summed E-state index contributed by atoms with van der Waals surface area (Å²) in [4.78, 5) is 11.7. The summed E-state index contributed by atoms with van der Waals surface area (Å²) in [5, 5.41) is 0. The number of carbonyl (C=O) groups is 1. The first-order valence-electron chi connectivity index (χ1n) is 6.07. The summed E-state index contributed by atoms with van der Waals surface area (Å²) in [5.41, 5.74) is 5.96. The Hall–Kier alpha value is -1.89. The van der Waals surface area contributed by atoms with Crippen LogP contribution in [-0.2, 0) is 4.79 Å². The lowest BCUT2D eigenvalue weighted by molar-refractivity contribution is -0.110. The molecule has 0 saturated heterocycles. The number of rotatable bonds is 2. The summed E-state index contributed by atoms with van der Waals surface area (Å²) in [6.07, 6.45) is 7.79. The Labute approximate surface area is 101 Å². The van der Waals surface area contributed by atoms with Gasteiger partial charge in [0.25, 0.3) is 0 Å². The molecular formula is C16H14O. The molecule has 0 N–H and O–H groups in total. The van der Waals surface area contributed by atoms with Gasteiger partial charge in [0.1, 0.15) is 0 Å². The number of fused-ring (bicyclic) bond motifs is 3. The highest BCUT2D eigenvalue weighted by molar-refractivity contribution is 6.15. The fourth-order valence-electron chi connectivity index (χ4n) is 2.58. The van der Waals surface area contributed by atoms with Gasteiger partial charge in [-0.15, -0.1) is 0 Å². The zero-order valence-corrected chi connectivity index (χ0v) is 9.86. The second-order valence-corrected chi connectivity index (χ2v) is 4.53. The number of ketones is 1. The second-order valence-electron chi connectivity index (χ2n) is 4.53. The first-order valence-corrected chi connectivity index (χ1v) is 6.07. The van der Waals surface area contributed by atoms with Gasteiger partial charge in [-0.1, -0.05) is 37.6 Å². The quantitative estimate of drug-likeness (QED) is 0.744. The molecule has 0 atom stereocenters. The molecule has 2 aliphatic carbocycles. The standard InChI is InChI=1S/C16H14O/c1-2-5-11-8-13(17)10-16-14-7-4-3-6-12(14)9-15(11)16/h3-4,6-10H,2,5H2,1H3. The van der Waals surface area contributed by atoms with E-state index in [2.05, 4.69) is 25.1 Å². The van der Waals surface area contributed by atoms with Crippen LogP contribution < -0.4 is 0 Å². The molecule has 1 aromatic rings. The summed E-state index contributed by atoms with van der Waals surface area (Å²) >= 11 is 0. The maximum atomic E-state index is 11.7. The van der Waals surface area contributed by atoms with Crippen molar-refractivity contribution in [3.8, 4) is 0 Å². The van der Waals surface area contributed by atoms with E-state index < -0.39 is 0 Å². The van der Waals surface area contributed by atoms with Crippen LogP contribution in [0.1, 0.15) is 30.9 Å². The predicted molar refractivity (Wildman–Crippen MR) is 70.4 cm³/mol. The van der Waals surface area contributed by atoms with E-state index in [9.17, 15) is 4.79 Å². The van der Waals surface area contributed by atoms with Crippen molar-refractivity contribution in [3.05, 3.63) is 58.7 Å². The number of hydrogen-bond acceptors (Lipinski definition) is 1. The molecule has 0 saturated carbocycles. The van der Waals surface area contributed by atoms with Crippen molar-refractivity contribution in [1.29, 1.82) is 0 Å². The Morgan fingerprint density at radius 2 is 1.82 bits per heavy atom. The van der Waals surface area contributed by atoms with Crippen LogP contribution in [0, 0.1) is 0 Å². The van der Waals surface area contributed by atoms with Crippen LogP contribution in [0.15, 0.2) is 47.6 Å². The van der Waals surface area contributed by atoms with Crippen LogP contribution in [0.3, 0.4) is 0 Å². The molecule has 1 nitrogen and oxygen atoms in total. The molecule has 0 bridgehead atoms. The van der Waals surface area contributed by atoms with Gasteiger partial charge >= 0.3 is 0 Å². The zero-order valence-electron chi connectivity index (χ0n) is 9.86. The molecule has 2 aliphatic rings. The molecule has 84 valence electrons. The molecule has 0 spiro atoms. The molecule has 0 amide bonds. The third-order valence-corrected chi connectivity index (χ3v) is 3.31. The molecule has 1 heteroatoms. The molecular weight excluding hydrogens is 208 g/mol. The van der Waals surface area contributed by atoms with E-state index in [-0.39, 0.29) is 5.78 Å². The molecule has 0 fully saturated rings. The van der Waals surface area contributed by atoms with Crippen LogP contribution in [0.5, 0.6) is 0 Å². The van der Waals surface area contributed by atoms with Gasteiger partial charge in [0.05, 0.1) is 0 Å². The number of hydrogen-bond donors (Lipinski definition) is 0. The minimum absolute atomic E-state index is 0.123. The number of carbonyl (C=O) groups excluding carboxylic acids is 1. The molecule has 0 radical (unpaired) electrons. The fourth-order valence-corrected chi connectivity index (χ4v) is 2.58. The van der Waals surface area contributed by atoms with E-state index in [1.54, 1.807) is 12.2 Å². The molecule has 0 aliphatic heterocycles. The fraction of sp³-hybridized carbons (Fsp3) is 0.188. The van der Waals surface area contributed by atoms with E-state index in [1.165, 1.54) is 22.3 Å². The molecule has 1 aromatic carbocycles. The predicted octanol–water partition coefficient (Wildman–Crippen LogP) is 3.78. The summed E-state index contributed by atoms with van der Waals surface area (Å²) in [6, 6.07) is 8.26. The average Bonchev–Trinajstić information content (AvgIpc) is 2.69. The largest absolute Gasteiger partial charge is 0.290 e. The lowest BCUT2D eigenvalue weighted by atomic mass is 9.89. The Bertz CT molecular complexity index is 585. The lowest BCUT2D eigenvalue weighted by Crippen LogP contribution is -2.02. The van der Waals surface area contributed by atoms with E-state index in [0.29, 0.717) is 0 Å². The third kappa shape index (κ3) is 1.59. The molecule has 0 aromatic heterocycles. The molecule has 0 heterocycles. The Morgan fingerprint density at radius 1 is 1.00 bits per heavy atom. The van der Waals surface area contributed by atoms with Gasteiger partial charge in [-0.2, -0.15) is 0 Å². The van der Waals surface area contributed by atoms with Gasteiger partial charge in [0.15, 0.2) is 5.78 Å². The highest BCUT2D eigenvalue weighted by atomic mass is 16.1. The SMILES string of the molecule is CCCC1=CC(=O)C=C2C1=Cc1ccccc12. The van der Waals surface area contributed by atoms with Crippen LogP contribution in [-0.4, -0.2) is 5.78 Å². The van der Waals surface area contributed by atoms with Crippen LogP contribution >= 0.6 is 0 Å². The Balaban J connectivity index is 2.13. The van der Waals surface area contributed by atoms with E-state index in [4.69, 9.17) is 0 Å². The van der Waals surface area contributed by atoms with Gasteiger partial charge in [-0.3, -0.25) is 4.79 Å². The highest BCUT2D eigenvalue weighted by Crippen LogP contribution is 2.42. The van der Waals surface area contributed by atoms with Gasteiger partial charge in [-0.25, -0.2) is 0 Å². The average molecular weight is 222 g/mol. The van der Waals surface area contributed by atoms with Crippen LogP contribution in [0.2, 0.25) is 0 Å². The smallest absolute Gasteiger partial charge is 0.179 e. The van der Waals surface area contributed by atoms with Gasteiger partial charge in [0.2, 0.25) is 0 Å². The summed E-state index contributed by atoms with van der Waals surface area (Å²) in [5.74, 6) is 0.123. The Kier molecular flexibility index (Phi) is 2.32. The molecule has 17 heavy (non-hydrogen) atoms. The van der Waals surface area contributed by atoms with Crippen molar-refractivity contribution in [3.63, 3.8) is 0 Å². The first kappa shape index (κ1) is 10.3. The Morgan fingerprint density at radius 3 is 2.65 bits per heavy atom. The summed E-state index contributed by atoms with van der Waals surface area (Å²) in [7, 11) is 0. The van der Waals surface area contributed by atoms with Crippen molar-refractivity contribution in [1.82, 2.24) is 0 Å². The van der Waals surface area contributed by atoms with Crippen molar-refractivity contribution >= 4 is 17.4 Å². The van der Waals surface area contributed by atoms with Crippen molar-refractivity contribution < 1.29 is 4.79 Å². The van der Waals surface area contributed by atoms with Crippen molar-refractivity contribution in [2.45, 2.75) is 19.8 Å². The number of allylic oxidation sites excluding steroid dienone is 5. The van der Waals surface area contributed by atoms with E-state index in [0.717, 1.165) is 18.4 Å². The minimum atomic E-state index is 0.123. The maximum Gasteiger partial charge on any atom is 0.179 e. The van der Waals surface area contributed by atoms with Crippen LogP contribution in [0.4, 0.5) is 0 Å². The summed E-state index contributed by atoms with van der Waals surface area (Å²) in [6.45, 7) is 2.14.